The first-order chi connectivity index (χ1) is 19.2. The van der Waals surface area contributed by atoms with Crippen molar-refractivity contribution >= 4 is 22.6 Å². The summed E-state index contributed by atoms with van der Waals surface area (Å²) >= 11 is 2.40. The van der Waals surface area contributed by atoms with Gasteiger partial charge in [-0.05, 0) is 38.5 Å². The van der Waals surface area contributed by atoms with Crippen LogP contribution in [-0.2, 0) is 33.2 Å². The summed E-state index contributed by atoms with van der Waals surface area (Å²) in [5, 5.41) is 0. The highest BCUT2D eigenvalue weighted by atomic mass is 127. The topological polar surface area (TPSA) is 64.6 Å². The summed E-state index contributed by atoms with van der Waals surface area (Å²) < 4.78 is 41.4. The van der Waals surface area contributed by atoms with Crippen molar-refractivity contribution < 1.29 is 33.2 Å². The molecule has 0 saturated carbocycles. The molecular formula is C31H61IO7. The average Bonchev–Trinajstić information content (AvgIpc) is 2.95. The minimum Gasteiger partial charge on any atom is -0.370 e. The van der Waals surface area contributed by atoms with Gasteiger partial charge in [0.05, 0.1) is 30.5 Å². The molecule has 0 aromatic carbocycles. The molecule has 1 fully saturated rings. The van der Waals surface area contributed by atoms with Crippen LogP contribution in [0, 0.1) is 0 Å². The van der Waals surface area contributed by atoms with Gasteiger partial charge < -0.3 is 33.2 Å². The van der Waals surface area contributed by atoms with Crippen LogP contribution >= 0.6 is 22.6 Å². The van der Waals surface area contributed by atoms with Crippen molar-refractivity contribution in [2.75, 3.05) is 46.1 Å². The molecule has 0 aromatic rings. The Morgan fingerprint density at radius 2 is 1.28 bits per heavy atom. The molecule has 1 aliphatic rings. The van der Waals surface area contributed by atoms with Crippen LogP contribution in [0.3, 0.4) is 0 Å². The van der Waals surface area contributed by atoms with E-state index in [1.807, 2.05) is 0 Å². The van der Waals surface area contributed by atoms with Gasteiger partial charge in [0.1, 0.15) is 20.4 Å². The lowest BCUT2D eigenvalue weighted by molar-refractivity contribution is -0.210. The Morgan fingerprint density at radius 3 is 1.87 bits per heavy atom. The maximum Gasteiger partial charge on any atom is 0.146 e. The monoisotopic (exact) mass is 672 g/mol. The Kier molecular flexibility index (Phi) is 26.2. The average molecular weight is 673 g/mol. The van der Waals surface area contributed by atoms with Crippen molar-refractivity contribution in [1.82, 2.24) is 0 Å². The summed E-state index contributed by atoms with van der Waals surface area (Å²) in [6.07, 6.45) is 22.2. The fraction of sp³-hybridized carbons (Fsp3) is 1.00. The molecule has 1 saturated heterocycles. The van der Waals surface area contributed by atoms with Gasteiger partial charge in [-0.2, -0.15) is 0 Å². The minimum absolute atomic E-state index is 0.0272. The summed E-state index contributed by atoms with van der Waals surface area (Å²) in [7, 11) is 5.02. The maximum absolute atomic E-state index is 6.70. The fourth-order valence-electron chi connectivity index (χ4n) is 5.43. The summed E-state index contributed by atoms with van der Waals surface area (Å²) in [6.45, 7) is 3.19. The molecule has 1 heterocycles. The number of unbranched alkanes of at least 4 members (excludes halogenated alkanes) is 11. The Morgan fingerprint density at radius 1 is 0.692 bits per heavy atom. The molecule has 8 heteroatoms. The Hall–Kier alpha value is 0.450. The van der Waals surface area contributed by atoms with Gasteiger partial charge >= 0.3 is 0 Å². The van der Waals surface area contributed by atoms with Crippen LogP contribution in [0.4, 0.5) is 0 Å². The molecule has 0 N–H and O–H groups in total. The van der Waals surface area contributed by atoms with E-state index in [0.717, 1.165) is 43.0 Å². The summed E-state index contributed by atoms with van der Waals surface area (Å²) in [5.74, 6) is 0. The molecule has 0 aromatic heterocycles. The maximum atomic E-state index is 6.70. The van der Waals surface area contributed by atoms with Gasteiger partial charge in [-0.1, -0.05) is 107 Å². The largest absolute Gasteiger partial charge is 0.370 e. The molecule has 0 aliphatic carbocycles. The lowest BCUT2D eigenvalue weighted by atomic mass is 9.92. The van der Waals surface area contributed by atoms with Gasteiger partial charge in [0, 0.05) is 25.8 Å². The van der Waals surface area contributed by atoms with Crippen LogP contribution in [0.2, 0.25) is 0 Å². The summed E-state index contributed by atoms with van der Waals surface area (Å²) in [5.41, 5.74) is 0. The Balaban J connectivity index is 2.49. The fourth-order valence-corrected chi connectivity index (χ4v) is 6.13. The first-order valence-corrected chi connectivity index (χ1v) is 17.3. The summed E-state index contributed by atoms with van der Waals surface area (Å²) in [4.78, 5) is 0. The van der Waals surface area contributed by atoms with E-state index in [4.69, 9.17) is 33.2 Å². The number of alkyl halides is 1. The van der Waals surface area contributed by atoms with Crippen LogP contribution in [0.5, 0.6) is 0 Å². The van der Waals surface area contributed by atoms with Crippen LogP contribution in [-0.4, -0.2) is 76.7 Å². The second-order valence-electron chi connectivity index (χ2n) is 10.9. The second kappa shape index (κ2) is 27.3. The van der Waals surface area contributed by atoms with E-state index in [0.29, 0.717) is 13.6 Å². The number of hydrogen-bond acceptors (Lipinski definition) is 7. The molecule has 0 bridgehead atoms. The van der Waals surface area contributed by atoms with Gasteiger partial charge in [0.25, 0.3) is 0 Å². The molecule has 234 valence electrons. The van der Waals surface area contributed by atoms with E-state index in [1.54, 1.807) is 21.3 Å². The normalized spacial score (nSPS) is 21.3. The van der Waals surface area contributed by atoms with Crippen molar-refractivity contribution in [3.63, 3.8) is 0 Å². The Labute approximate surface area is 254 Å². The van der Waals surface area contributed by atoms with Crippen molar-refractivity contribution in [2.45, 2.75) is 153 Å². The Bertz CT molecular complexity index is 513. The van der Waals surface area contributed by atoms with Crippen LogP contribution < -0.4 is 0 Å². The molecular weight excluding hydrogens is 611 g/mol. The molecule has 39 heavy (non-hydrogen) atoms. The number of hydrogen-bond donors (Lipinski definition) is 0. The van der Waals surface area contributed by atoms with E-state index in [2.05, 4.69) is 29.5 Å². The van der Waals surface area contributed by atoms with Crippen molar-refractivity contribution in [2.24, 2.45) is 0 Å². The van der Waals surface area contributed by atoms with Gasteiger partial charge in [-0.15, -0.1) is 0 Å². The minimum atomic E-state index is -0.0272. The number of methoxy groups -OCH3 is 3. The molecule has 1 rings (SSSR count). The van der Waals surface area contributed by atoms with Gasteiger partial charge in [-0.3, -0.25) is 0 Å². The predicted octanol–water partition coefficient (Wildman–Crippen LogP) is 8.20. The lowest BCUT2D eigenvalue weighted by Gasteiger charge is -2.39. The van der Waals surface area contributed by atoms with E-state index in [1.165, 1.54) is 77.0 Å². The van der Waals surface area contributed by atoms with Crippen molar-refractivity contribution in [3.8, 4) is 0 Å². The molecule has 0 unspecified atom stereocenters. The molecule has 0 spiro atoms. The van der Waals surface area contributed by atoms with Crippen molar-refractivity contribution in [3.05, 3.63) is 0 Å². The molecule has 7 nitrogen and oxygen atoms in total. The molecule has 0 amide bonds. The third-order valence-electron chi connectivity index (χ3n) is 7.68. The quantitative estimate of drug-likeness (QED) is 0.0360. The second-order valence-corrected chi connectivity index (χ2v) is 12.0. The van der Waals surface area contributed by atoms with E-state index in [-0.39, 0.29) is 37.3 Å². The number of ether oxygens (including phenoxy) is 7. The van der Waals surface area contributed by atoms with E-state index in [9.17, 15) is 0 Å². The predicted molar refractivity (Wildman–Crippen MR) is 167 cm³/mol. The van der Waals surface area contributed by atoms with Gasteiger partial charge in [0.15, 0.2) is 0 Å². The summed E-state index contributed by atoms with van der Waals surface area (Å²) in [6, 6.07) is 0. The van der Waals surface area contributed by atoms with Gasteiger partial charge in [0.2, 0.25) is 0 Å². The van der Waals surface area contributed by atoms with E-state index < -0.39 is 0 Å². The smallest absolute Gasteiger partial charge is 0.146 e. The highest BCUT2D eigenvalue weighted by molar-refractivity contribution is 14.1. The highest BCUT2D eigenvalue weighted by Gasteiger charge is 2.36. The van der Waals surface area contributed by atoms with Crippen molar-refractivity contribution in [1.29, 1.82) is 0 Å². The molecule has 0 radical (unpaired) electrons. The zero-order valence-corrected chi connectivity index (χ0v) is 27.8. The van der Waals surface area contributed by atoms with Gasteiger partial charge in [-0.25, -0.2) is 0 Å². The number of halogens is 1. The third-order valence-corrected chi connectivity index (χ3v) is 8.31. The van der Waals surface area contributed by atoms with Crippen LogP contribution in [0.25, 0.3) is 0 Å². The first kappa shape index (κ1) is 37.5. The lowest BCUT2D eigenvalue weighted by Crippen LogP contribution is -2.46. The third kappa shape index (κ3) is 19.3. The molecule has 1 aliphatic heterocycles. The molecule has 5 atom stereocenters. The van der Waals surface area contributed by atoms with Crippen LogP contribution in [0.1, 0.15) is 122 Å². The zero-order valence-electron chi connectivity index (χ0n) is 25.7. The SMILES string of the molecule is CCCCCCCCCCCCCC[C@H]1O[C@@H]([C@@H](CC[C@@H](CCI)OCOC)OCOC)CC[C@H]1OCOC. The highest BCUT2D eigenvalue weighted by Crippen LogP contribution is 2.30. The zero-order chi connectivity index (χ0) is 28.4. The standard InChI is InChI=1S/C31H61IO7/c1-5-6-7-8-9-10-11-12-13-14-15-16-17-30-29(38-26-35-4)20-21-31(39-30)28(37-25-34-3)19-18-27(22-23-32)36-24-33-2/h27-31H,5-26H2,1-4H3/t27-,28+,29+,30+,31+/m0/s1. The van der Waals surface area contributed by atoms with E-state index >= 15 is 0 Å². The number of rotatable bonds is 28. The first-order valence-electron chi connectivity index (χ1n) is 15.7. The van der Waals surface area contributed by atoms with Crippen LogP contribution in [0.15, 0.2) is 0 Å².